The molecule has 0 unspecified atom stereocenters. The van der Waals surface area contributed by atoms with E-state index < -0.39 is 5.82 Å². The molecule has 2 aromatic heterocycles. The number of amides is 1. The summed E-state index contributed by atoms with van der Waals surface area (Å²) in [5.41, 5.74) is 1.03. The molecule has 5 heteroatoms. The van der Waals surface area contributed by atoms with Crippen LogP contribution < -0.4 is 5.32 Å². The second-order valence-corrected chi connectivity index (χ2v) is 4.16. The summed E-state index contributed by atoms with van der Waals surface area (Å²) in [5, 5.41) is 3.27. The highest BCUT2D eigenvalue weighted by Crippen LogP contribution is 2.23. The summed E-state index contributed by atoms with van der Waals surface area (Å²) in [6.45, 7) is 0. The van der Waals surface area contributed by atoms with Crippen molar-refractivity contribution in [3.8, 4) is 0 Å². The standard InChI is InChI=1S/C15H10FN3O/c16-11-5-3-4-10-12(7-9-18-14(10)11)19-15(20)13-6-1-2-8-17-13/h1-9H,(H,18,19,20). The number of halogens is 1. The smallest absolute Gasteiger partial charge is 0.274 e. The first kappa shape index (κ1) is 12.2. The van der Waals surface area contributed by atoms with Gasteiger partial charge in [-0.25, -0.2) is 4.39 Å². The number of pyridine rings is 2. The van der Waals surface area contributed by atoms with E-state index in [0.29, 0.717) is 16.8 Å². The monoisotopic (exact) mass is 267 g/mol. The maximum Gasteiger partial charge on any atom is 0.274 e. The Balaban J connectivity index is 2.00. The van der Waals surface area contributed by atoms with Gasteiger partial charge in [-0.1, -0.05) is 18.2 Å². The van der Waals surface area contributed by atoms with Crippen LogP contribution in [0.4, 0.5) is 10.1 Å². The number of hydrogen-bond acceptors (Lipinski definition) is 3. The SMILES string of the molecule is O=C(Nc1ccnc2c(F)cccc12)c1ccccn1. The first-order valence-corrected chi connectivity index (χ1v) is 6.01. The lowest BCUT2D eigenvalue weighted by molar-refractivity contribution is 0.102. The molecule has 1 amide bonds. The molecule has 0 aliphatic heterocycles. The van der Waals surface area contributed by atoms with Gasteiger partial charge in [0.25, 0.3) is 5.91 Å². The fourth-order valence-corrected chi connectivity index (χ4v) is 1.93. The summed E-state index contributed by atoms with van der Waals surface area (Å²) in [4.78, 5) is 20.0. The van der Waals surface area contributed by atoms with E-state index in [1.165, 1.54) is 12.3 Å². The van der Waals surface area contributed by atoms with Crippen LogP contribution in [0, 0.1) is 5.82 Å². The average molecular weight is 267 g/mol. The number of para-hydroxylation sites is 1. The number of aromatic nitrogens is 2. The van der Waals surface area contributed by atoms with Gasteiger partial charge < -0.3 is 5.32 Å². The van der Waals surface area contributed by atoms with E-state index >= 15 is 0 Å². The summed E-state index contributed by atoms with van der Waals surface area (Å²) < 4.78 is 13.6. The lowest BCUT2D eigenvalue weighted by atomic mass is 10.1. The molecule has 1 N–H and O–H groups in total. The molecule has 0 aliphatic rings. The maximum atomic E-state index is 13.6. The topological polar surface area (TPSA) is 54.9 Å². The minimum atomic E-state index is -0.420. The molecule has 98 valence electrons. The molecule has 0 radical (unpaired) electrons. The first-order chi connectivity index (χ1) is 9.75. The van der Waals surface area contributed by atoms with Crippen molar-refractivity contribution in [2.75, 3.05) is 5.32 Å². The third-order valence-corrected chi connectivity index (χ3v) is 2.87. The number of nitrogens with zero attached hydrogens (tertiary/aromatic N) is 2. The van der Waals surface area contributed by atoms with Crippen molar-refractivity contribution in [3.05, 3.63) is 66.4 Å². The maximum absolute atomic E-state index is 13.6. The van der Waals surface area contributed by atoms with Gasteiger partial charge in [0.15, 0.2) is 0 Å². The Kier molecular flexibility index (Phi) is 3.09. The van der Waals surface area contributed by atoms with Crippen molar-refractivity contribution in [1.82, 2.24) is 9.97 Å². The van der Waals surface area contributed by atoms with E-state index in [1.807, 2.05) is 0 Å². The molecule has 20 heavy (non-hydrogen) atoms. The second-order valence-electron chi connectivity index (χ2n) is 4.16. The number of anilines is 1. The normalized spacial score (nSPS) is 10.4. The number of rotatable bonds is 2. The molecule has 0 saturated heterocycles. The second kappa shape index (κ2) is 5.05. The Bertz CT molecular complexity index is 774. The molecule has 0 atom stereocenters. The highest BCUT2D eigenvalue weighted by atomic mass is 19.1. The first-order valence-electron chi connectivity index (χ1n) is 6.01. The third kappa shape index (κ3) is 2.21. The number of nitrogens with one attached hydrogen (secondary N) is 1. The minimum Gasteiger partial charge on any atom is -0.320 e. The third-order valence-electron chi connectivity index (χ3n) is 2.87. The molecular formula is C15H10FN3O. The number of carbonyl (C=O) groups is 1. The summed E-state index contributed by atoms with van der Waals surface area (Å²) in [5.74, 6) is -0.765. The van der Waals surface area contributed by atoms with Crippen molar-refractivity contribution < 1.29 is 9.18 Å². The van der Waals surface area contributed by atoms with Gasteiger partial charge in [0, 0.05) is 17.8 Å². The number of hydrogen-bond donors (Lipinski definition) is 1. The average Bonchev–Trinajstić information content (AvgIpc) is 2.49. The van der Waals surface area contributed by atoms with Crippen LogP contribution in [0.25, 0.3) is 10.9 Å². The van der Waals surface area contributed by atoms with Gasteiger partial charge in [0.05, 0.1) is 5.69 Å². The fraction of sp³-hybridized carbons (Fsp3) is 0. The summed E-state index contributed by atoms with van der Waals surface area (Å²) in [7, 11) is 0. The molecular weight excluding hydrogens is 257 g/mol. The van der Waals surface area contributed by atoms with Gasteiger partial charge >= 0.3 is 0 Å². The Morgan fingerprint density at radius 3 is 2.70 bits per heavy atom. The van der Waals surface area contributed by atoms with Gasteiger partial charge in [-0.05, 0) is 24.3 Å². The fourth-order valence-electron chi connectivity index (χ4n) is 1.93. The van der Waals surface area contributed by atoms with Crippen LogP contribution in [-0.2, 0) is 0 Å². The van der Waals surface area contributed by atoms with Crippen molar-refractivity contribution in [2.24, 2.45) is 0 Å². The van der Waals surface area contributed by atoms with Crippen molar-refractivity contribution >= 4 is 22.5 Å². The predicted octanol–water partition coefficient (Wildman–Crippen LogP) is 3.02. The van der Waals surface area contributed by atoms with E-state index in [9.17, 15) is 9.18 Å². The van der Waals surface area contributed by atoms with E-state index in [0.717, 1.165) is 0 Å². The van der Waals surface area contributed by atoms with Gasteiger partial charge in [-0.2, -0.15) is 0 Å². The van der Waals surface area contributed by atoms with E-state index in [2.05, 4.69) is 15.3 Å². The van der Waals surface area contributed by atoms with Gasteiger partial charge in [-0.3, -0.25) is 14.8 Å². The molecule has 0 bridgehead atoms. The molecule has 0 fully saturated rings. The van der Waals surface area contributed by atoms with Crippen LogP contribution >= 0.6 is 0 Å². The van der Waals surface area contributed by atoms with Crippen LogP contribution in [0.1, 0.15) is 10.5 Å². The molecule has 3 rings (SSSR count). The van der Waals surface area contributed by atoms with Crippen LogP contribution in [0.3, 0.4) is 0 Å². The Morgan fingerprint density at radius 1 is 1.00 bits per heavy atom. The van der Waals surface area contributed by atoms with Crippen molar-refractivity contribution in [3.63, 3.8) is 0 Å². The molecule has 1 aromatic carbocycles. The lowest BCUT2D eigenvalue weighted by Gasteiger charge is -2.08. The molecule has 2 heterocycles. The van der Waals surface area contributed by atoms with E-state index in [4.69, 9.17) is 0 Å². The van der Waals surface area contributed by atoms with Crippen molar-refractivity contribution in [2.45, 2.75) is 0 Å². The number of fused-ring (bicyclic) bond motifs is 1. The van der Waals surface area contributed by atoms with Gasteiger partial charge in [-0.15, -0.1) is 0 Å². The highest BCUT2D eigenvalue weighted by Gasteiger charge is 2.10. The van der Waals surface area contributed by atoms with Gasteiger partial charge in [0.2, 0.25) is 0 Å². The Hall–Kier alpha value is -2.82. The number of carbonyl (C=O) groups excluding carboxylic acids is 1. The summed E-state index contributed by atoms with van der Waals surface area (Å²) in [6.07, 6.45) is 3.00. The van der Waals surface area contributed by atoms with E-state index in [1.54, 1.807) is 42.6 Å². The zero-order chi connectivity index (χ0) is 13.9. The predicted molar refractivity (Wildman–Crippen MR) is 73.9 cm³/mol. The van der Waals surface area contributed by atoms with Crippen LogP contribution in [0.2, 0.25) is 0 Å². The quantitative estimate of drug-likeness (QED) is 0.776. The molecule has 0 spiro atoms. The zero-order valence-electron chi connectivity index (χ0n) is 10.4. The lowest BCUT2D eigenvalue weighted by Crippen LogP contribution is -2.13. The van der Waals surface area contributed by atoms with Gasteiger partial charge in [0.1, 0.15) is 17.0 Å². The molecule has 0 saturated carbocycles. The number of benzene rings is 1. The van der Waals surface area contributed by atoms with Crippen molar-refractivity contribution in [1.29, 1.82) is 0 Å². The van der Waals surface area contributed by atoms with E-state index in [-0.39, 0.29) is 11.4 Å². The zero-order valence-corrected chi connectivity index (χ0v) is 10.4. The van der Waals surface area contributed by atoms with Crippen LogP contribution in [0.15, 0.2) is 54.9 Å². The largest absolute Gasteiger partial charge is 0.320 e. The van der Waals surface area contributed by atoms with Crippen LogP contribution in [-0.4, -0.2) is 15.9 Å². The van der Waals surface area contributed by atoms with Crippen LogP contribution in [0.5, 0.6) is 0 Å². The Labute approximate surface area is 114 Å². The summed E-state index contributed by atoms with van der Waals surface area (Å²) in [6, 6.07) is 11.3. The molecule has 0 aliphatic carbocycles. The highest BCUT2D eigenvalue weighted by molar-refractivity contribution is 6.07. The summed E-state index contributed by atoms with van der Waals surface area (Å²) >= 11 is 0. The minimum absolute atomic E-state index is 0.228. The molecule has 4 nitrogen and oxygen atoms in total. The molecule has 3 aromatic rings. The Morgan fingerprint density at radius 2 is 1.90 bits per heavy atom.